The Morgan fingerprint density at radius 3 is 2.54 bits per heavy atom. The molecule has 10 heteroatoms. The third-order valence-corrected chi connectivity index (χ3v) is 3.51. The fourth-order valence-corrected chi connectivity index (χ4v) is 2.44. The molecule has 0 unspecified atom stereocenters. The van der Waals surface area contributed by atoms with E-state index < -0.39 is 36.5 Å². The Balaban J connectivity index is 2.15. The zero-order valence-corrected chi connectivity index (χ0v) is 14.2. The maximum Gasteiger partial charge on any atom is 0.303 e. The van der Waals surface area contributed by atoms with Gasteiger partial charge in [-0.25, -0.2) is 4.98 Å². The number of methoxy groups -OCH3 is 1. The largest absolute Gasteiger partial charge is 0.463 e. The van der Waals surface area contributed by atoms with Crippen LogP contribution in [0.15, 0.2) is 18.7 Å². The normalized spacial score (nSPS) is 26.0. The van der Waals surface area contributed by atoms with Crippen LogP contribution in [0.5, 0.6) is 0 Å². The molecule has 0 saturated carbocycles. The van der Waals surface area contributed by atoms with Crippen molar-refractivity contribution in [1.82, 2.24) is 9.55 Å². The number of carbonyl (C=O) groups is 2. The number of hydrogen-bond donors (Lipinski definition) is 0. The van der Waals surface area contributed by atoms with E-state index in [2.05, 4.69) is 4.98 Å². The van der Waals surface area contributed by atoms with E-state index in [-0.39, 0.29) is 11.8 Å². The molecule has 1 saturated heterocycles. The van der Waals surface area contributed by atoms with Crippen LogP contribution in [0.4, 0.5) is 0 Å². The summed E-state index contributed by atoms with van der Waals surface area (Å²) in [4.78, 5) is 26.3. The fourth-order valence-electron chi connectivity index (χ4n) is 2.22. The lowest BCUT2D eigenvalue weighted by molar-refractivity contribution is -0.163. The Morgan fingerprint density at radius 1 is 1.25 bits per heavy atom. The topological polar surface area (TPSA) is 98.1 Å². The number of aromatic nitrogens is 2. The van der Waals surface area contributed by atoms with E-state index in [1.54, 1.807) is 12.4 Å². The van der Waals surface area contributed by atoms with Gasteiger partial charge in [0.1, 0.15) is 19.0 Å². The first-order valence-electron chi connectivity index (χ1n) is 7.10. The van der Waals surface area contributed by atoms with Crippen LogP contribution in [0, 0.1) is 0 Å². The molecular formula is C14H18N2O7S. The van der Waals surface area contributed by atoms with Crippen molar-refractivity contribution in [3.8, 4) is 0 Å². The Kier molecular flexibility index (Phi) is 6.23. The van der Waals surface area contributed by atoms with Crippen LogP contribution in [-0.2, 0) is 33.3 Å². The van der Waals surface area contributed by atoms with Crippen LogP contribution in [0.25, 0.3) is 0 Å². The van der Waals surface area contributed by atoms with Gasteiger partial charge in [-0.15, -0.1) is 0 Å². The maximum absolute atomic E-state index is 11.4. The van der Waals surface area contributed by atoms with Gasteiger partial charge >= 0.3 is 11.9 Å². The molecule has 2 rings (SSSR count). The van der Waals surface area contributed by atoms with Crippen molar-refractivity contribution < 1.29 is 33.3 Å². The summed E-state index contributed by atoms with van der Waals surface area (Å²) in [6, 6.07) is 0. The molecule has 0 radical (unpaired) electrons. The first kappa shape index (κ1) is 18.3. The second-order valence-corrected chi connectivity index (χ2v) is 5.32. The summed E-state index contributed by atoms with van der Waals surface area (Å²) in [6.45, 7) is 2.42. The van der Waals surface area contributed by atoms with Crippen LogP contribution in [0.1, 0.15) is 13.8 Å². The second-order valence-electron chi connectivity index (χ2n) is 4.97. The van der Waals surface area contributed by atoms with Gasteiger partial charge in [-0.3, -0.25) is 14.2 Å². The number of esters is 2. The van der Waals surface area contributed by atoms with E-state index in [1.807, 2.05) is 0 Å². The first-order valence-corrected chi connectivity index (χ1v) is 7.51. The van der Waals surface area contributed by atoms with Crippen molar-refractivity contribution in [2.24, 2.45) is 0 Å². The number of thiocarbonyl (C=S) groups is 1. The van der Waals surface area contributed by atoms with E-state index >= 15 is 0 Å². The Bertz CT molecular complexity index is 592. The number of hydrogen-bond acceptors (Lipinski definition) is 9. The highest BCUT2D eigenvalue weighted by molar-refractivity contribution is 7.80. The third kappa shape index (κ3) is 4.49. The number of nitrogens with zero attached hydrogens (tertiary/aromatic N) is 2. The van der Waals surface area contributed by atoms with Crippen LogP contribution in [0.2, 0.25) is 0 Å². The molecule has 24 heavy (non-hydrogen) atoms. The van der Waals surface area contributed by atoms with E-state index in [4.69, 9.17) is 35.9 Å². The van der Waals surface area contributed by atoms with Gasteiger partial charge in [0.15, 0.2) is 18.5 Å². The molecule has 1 aromatic rings. The lowest BCUT2D eigenvalue weighted by Crippen LogP contribution is -2.42. The van der Waals surface area contributed by atoms with E-state index in [0.29, 0.717) is 0 Å². The van der Waals surface area contributed by atoms with Gasteiger partial charge in [0.2, 0.25) is 0 Å². The molecule has 0 N–H and O–H groups in total. The smallest absolute Gasteiger partial charge is 0.303 e. The minimum absolute atomic E-state index is 0.0911. The molecule has 132 valence electrons. The summed E-state index contributed by atoms with van der Waals surface area (Å²) < 4.78 is 28.2. The van der Waals surface area contributed by atoms with Gasteiger partial charge in [-0.1, -0.05) is 0 Å². The van der Waals surface area contributed by atoms with Gasteiger partial charge in [-0.05, 0) is 12.2 Å². The molecule has 2 heterocycles. The molecule has 1 aliphatic heterocycles. The quantitative estimate of drug-likeness (QED) is 0.542. The zero-order chi connectivity index (χ0) is 17.7. The SMILES string of the molecule is CO[C@H]1O[C@H](COC(C)=O)[C@@H](OC(C)=O)[C@@H]1OC(=S)n1ccnc1. The molecule has 0 spiro atoms. The highest BCUT2D eigenvalue weighted by atomic mass is 32.1. The van der Waals surface area contributed by atoms with Crippen LogP contribution < -0.4 is 0 Å². The summed E-state index contributed by atoms with van der Waals surface area (Å²) in [7, 11) is 1.42. The molecule has 9 nitrogen and oxygen atoms in total. The van der Waals surface area contributed by atoms with Crippen molar-refractivity contribution in [3.63, 3.8) is 0 Å². The third-order valence-electron chi connectivity index (χ3n) is 3.20. The van der Waals surface area contributed by atoms with Crippen LogP contribution in [0.3, 0.4) is 0 Å². The average molecular weight is 358 g/mol. The van der Waals surface area contributed by atoms with Crippen molar-refractivity contribution in [2.45, 2.75) is 38.4 Å². The van der Waals surface area contributed by atoms with Crippen molar-refractivity contribution in [3.05, 3.63) is 18.7 Å². The molecule has 1 fully saturated rings. The Morgan fingerprint density at radius 2 is 2.00 bits per heavy atom. The molecule has 0 aliphatic carbocycles. The van der Waals surface area contributed by atoms with Crippen molar-refractivity contribution in [2.75, 3.05) is 13.7 Å². The van der Waals surface area contributed by atoms with E-state index in [9.17, 15) is 9.59 Å². The highest BCUT2D eigenvalue weighted by Gasteiger charge is 2.50. The van der Waals surface area contributed by atoms with E-state index in [0.717, 1.165) is 0 Å². The molecule has 0 aromatic carbocycles. The van der Waals surface area contributed by atoms with Crippen molar-refractivity contribution >= 4 is 29.3 Å². The molecule has 0 bridgehead atoms. The lowest BCUT2D eigenvalue weighted by Gasteiger charge is -2.24. The minimum Gasteiger partial charge on any atom is -0.463 e. The summed E-state index contributed by atoms with van der Waals surface area (Å²) in [5, 5.41) is 0.0911. The fraction of sp³-hybridized carbons (Fsp3) is 0.571. The standard InChI is InChI=1S/C14H18N2O7S/c1-8(17)20-6-10-11(21-9(2)18)12(13(19-3)22-10)23-14(24)16-5-4-15-7-16/h4-5,7,10-13H,6H2,1-3H3/t10-,11-,12+,13+/m1/s1. The molecule has 4 atom stereocenters. The number of carbonyl (C=O) groups excluding carboxylic acids is 2. The Hall–Kier alpha value is -2.04. The zero-order valence-electron chi connectivity index (χ0n) is 13.4. The minimum atomic E-state index is -0.853. The summed E-state index contributed by atoms with van der Waals surface area (Å²) >= 11 is 5.19. The van der Waals surface area contributed by atoms with Crippen LogP contribution >= 0.6 is 12.2 Å². The van der Waals surface area contributed by atoms with Gasteiger partial charge in [-0.2, -0.15) is 0 Å². The molecule has 1 aromatic heterocycles. The number of imidazole rings is 1. The van der Waals surface area contributed by atoms with E-state index in [1.165, 1.54) is 31.9 Å². The highest BCUT2D eigenvalue weighted by Crippen LogP contribution is 2.28. The monoisotopic (exact) mass is 358 g/mol. The summed E-state index contributed by atoms with van der Waals surface area (Å²) in [5.74, 6) is -1.01. The maximum atomic E-state index is 11.4. The van der Waals surface area contributed by atoms with Crippen LogP contribution in [-0.4, -0.2) is 65.0 Å². The summed E-state index contributed by atoms with van der Waals surface area (Å²) in [5.41, 5.74) is 0. The van der Waals surface area contributed by atoms with Gasteiger partial charge in [0, 0.05) is 33.4 Å². The lowest BCUT2D eigenvalue weighted by atomic mass is 10.1. The first-order chi connectivity index (χ1) is 11.4. The number of ether oxygens (including phenoxy) is 5. The predicted molar refractivity (Wildman–Crippen MR) is 83.0 cm³/mol. The van der Waals surface area contributed by atoms with Crippen molar-refractivity contribution in [1.29, 1.82) is 0 Å². The second kappa shape index (κ2) is 8.18. The van der Waals surface area contributed by atoms with Gasteiger partial charge < -0.3 is 23.7 Å². The molecule has 0 amide bonds. The van der Waals surface area contributed by atoms with Gasteiger partial charge in [0.25, 0.3) is 5.17 Å². The molecular weight excluding hydrogens is 340 g/mol. The Labute approximate surface area is 143 Å². The summed E-state index contributed by atoms with van der Waals surface area (Å²) in [6.07, 6.45) is 1.35. The van der Waals surface area contributed by atoms with Gasteiger partial charge in [0.05, 0.1) is 0 Å². The predicted octanol–water partition coefficient (Wildman–Crippen LogP) is 0.267. The number of rotatable bonds is 5. The molecule has 1 aliphatic rings. The average Bonchev–Trinajstić information content (AvgIpc) is 3.14.